The number of ether oxygens (including phenoxy) is 2. The van der Waals surface area contributed by atoms with Gasteiger partial charge in [0.25, 0.3) is 0 Å². The predicted octanol–water partition coefficient (Wildman–Crippen LogP) is 6.53. The number of halogens is 1. The summed E-state index contributed by atoms with van der Waals surface area (Å²) in [6.45, 7) is 18.1. The molecule has 0 saturated carbocycles. The second kappa shape index (κ2) is 12.4. The van der Waals surface area contributed by atoms with Crippen LogP contribution in [-0.2, 0) is 9.47 Å². The molecular formula is C29H43FN6O2Si2. The first-order chi connectivity index (χ1) is 18.8. The minimum absolute atomic E-state index is 0.294. The van der Waals surface area contributed by atoms with Crippen molar-refractivity contribution in [2.24, 2.45) is 5.73 Å². The topological polar surface area (TPSA) is 90.8 Å². The van der Waals surface area contributed by atoms with Gasteiger partial charge in [0.15, 0.2) is 5.65 Å². The van der Waals surface area contributed by atoms with Gasteiger partial charge < -0.3 is 20.1 Å². The van der Waals surface area contributed by atoms with Gasteiger partial charge in [0.05, 0.1) is 17.4 Å². The van der Waals surface area contributed by atoms with Crippen molar-refractivity contribution in [3.8, 4) is 11.1 Å². The van der Waals surface area contributed by atoms with E-state index in [9.17, 15) is 4.39 Å². The van der Waals surface area contributed by atoms with Crippen molar-refractivity contribution in [3.05, 3.63) is 54.2 Å². The first kappa shape index (κ1) is 30.3. The molecule has 8 nitrogen and oxygen atoms in total. The summed E-state index contributed by atoms with van der Waals surface area (Å²) >= 11 is 0. The van der Waals surface area contributed by atoms with Gasteiger partial charge in [-0.25, -0.2) is 9.37 Å². The fraction of sp³-hybridized carbons (Fsp3) is 0.483. The van der Waals surface area contributed by atoms with Gasteiger partial charge in [0.2, 0.25) is 0 Å². The first-order valence-electron chi connectivity index (χ1n) is 13.9. The van der Waals surface area contributed by atoms with Crippen LogP contribution >= 0.6 is 0 Å². The number of benzene rings is 1. The van der Waals surface area contributed by atoms with Crippen molar-refractivity contribution in [2.45, 2.75) is 64.3 Å². The van der Waals surface area contributed by atoms with Crippen LogP contribution in [0.2, 0.25) is 51.4 Å². The van der Waals surface area contributed by atoms with Crippen molar-refractivity contribution >= 4 is 38.5 Å². The smallest absolute Gasteiger partial charge is 0.165 e. The highest BCUT2D eigenvalue weighted by molar-refractivity contribution is 6.76. The molecule has 0 amide bonds. The van der Waals surface area contributed by atoms with Crippen LogP contribution in [-0.4, -0.2) is 62.4 Å². The number of hydrogen-bond acceptors (Lipinski definition) is 7. The third-order valence-electron chi connectivity index (χ3n) is 6.70. The molecule has 4 aromatic rings. The molecule has 40 heavy (non-hydrogen) atoms. The van der Waals surface area contributed by atoms with Crippen LogP contribution in [0.15, 0.2) is 42.7 Å². The van der Waals surface area contributed by atoms with Crippen LogP contribution in [0.5, 0.6) is 0 Å². The van der Waals surface area contributed by atoms with Gasteiger partial charge >= 0.3 is 0 Å². The molecule has 1 atom stereocenters. The number of pyridine rings is 1. The zero-order valence-electron chi connectivity index (χ0n) is 24.9. The van der Waals surface area contributed by atoms with Gasteiger partial charge in [-0.2, -0.15) is 9.61 Å². The zero-order chi connectivity index (χ0) is 29.1. The van der Waals surface area contributed by atoms with Crippen LogP contribution < -0.4 is 10.6 Å². The molecule has 0 aliphatic carbocycles. The number of anilines is 1. The Morgan fingerprint density at radius 2 is 1.60 bits per heavy atom. The van der Waals surface area contributed by atoms with Gasteiger partial charge in [-0.1, -0.05) is 39.3 Å². The summed E-state index contributed by atoms with van der Waals surface area (Å²) in [5.41, 5.74) is 10.0. The molecule has 0 radical (unpaired) electrons. The minimum atomic E-state index is -1.23. The lowest BCUT2D eigenvalue weighted by Crippen LogP contribution is -2.33. The van der Waals surface area contributed by atoms with E-state index < -0.39 is 16.1 Å². The lowest BCUT2D eigenvalue weighted by Gasteiger charge is -2.27. The summed E-state index contributed by atoms with van der Waals surface area (Å²) in [7, 11) is -2.46. The van der Waals surface area contributed by atoms with E-state index in [0.717, 1.165) is 40.2 Å². The summed E-state index contributed by atoms with van der Waals surface area (Å²) in [6.07, 6.45) is 3.54. The number of hydrogen-bond donors (Lipinski definition) is 1. The quantitative estimate of drug-likeness (QED) is 0.109. The maximum atomic E-state index is 13.9. The van der Waals surface area contributed by atoms with E-state index in [1.165, 1.54) is 12.1 Å². The Balaban J connectivity index is 1.71. The molecule has 0 spiro atoms. The Hall–Kier alpha value is -2.71. The van der Waals surface area contributed by atoms with E-state index in [4.69, 9.17) is 25.3 Å². The van der Waals surface area contributed by atoms with Gasteiger partial charge in [0, 0.05) is 64.2 Å². The fourth-order valence-electron chi connectivity index (χ4n) is 4.15. The van der Waals surface area contributed by atoms with Crippen molar-refractivity contribution < 1.29 is 13.9 Å². The number of nitrogens with two attached hydrogens (primary N) is 1. The third-order valence-corrected chi connectivity index (χ3v) is 10.1. The van der Waals surface area contributed by atoms with Gasteiger partial charge in [-0.3, -0.25) is 4.98 Å². The van der Waals surface area contributed by atoms with Gasteiger partial charge in [-0.05, 0) is 43.3 Å². The van der Waals surface area contributed by atoms with Crippen LogP contribution in [0.25, 0.3) is 27.7 Å². The molecule has 1 unspecified atom stereocenters. The number of rotatable bonds is 13. The Bertz CT molecular complexity index is 1430. The van der Waals surface area contributed by atoms with Crippen LogP contribution in [0.1, 0.15) is 18.7 Å². The lowest BCUT2D eigenvalue weighted by molar-refractivity contribution is 0.0942. The highest BCUT2D eigenvalue weighted by atomic mass is 28.3. The first-order valence-corrected chi connectivity index (χ1v) is 21.3. The molecule has 3 aromatic heterocycles. The fourth-order valence-corrected chi connectivity index (χ4v) is 5.67. The maximum absolute atomic E-state index is 13.9. The van der Waals surface area contributed by atoms with E-state index in [1.54, 1.807) is 23.0 Å². The Morgan fingerprint density at radius 3 is 2.20 bits per heavy atom. The zero-order valence-corrected chi connectivity index (χ0v) is 26.9. The molecule has 11 heteroatoms. The molecule has 0 aliphatic heterocycles. The summed E-state index contributed by atoms with van der Waals surface area (Å²) in [5.74, 6) is 0.495. The molecule has 0 saturated heterocycles. The number of aromatic nitrogens is 4. The average Bonchev–Trinajstić information content (AvgIpc) is 3.29. The predicted molar refractivity (Wildman–Crippen MR) is 167 cm³/mol. The van der Waals surface area contributed by atoms with E-state index in [-0.39, 0.29) is 11.9 Å². The second-order valence-electron chi connectivity index (χ2n) is 12.9. The SMILES string of the molecule is CC(N)c1cc(N(COCC[Si](C)(C)C)COCC[Si](C)(C)C)n2ncc(-c3cnc4ccc(F)cc4c3)c2n1. The molecule has 0 bridgehead atoms. The molecule has 216 valence electrons. The number of nitrogens with zero attached hydrogens (tertiary/aromatic N) is 5. The largest absolute Gasteiger partial charge is 0.361 e. The van der Waals surface area contributed by atoms with Crippen LogP contribution in [0, 0.1) is 5.82 Å². The Morgan fingerprint density at radius 1 is 0.950 bits per heavy atom. The molecule has 0 aliphatic rings. The van der Waals surface area contributed by atoms with Crippen LogP contribution in [0.4, 0.5) is 10.2 Å². The van der Waals surface area contributed by atoms with Gasteiger partial charge in [0.1, 0.15) is 25.1 Å². The highest BCUT2D eigenvalue weighted by Gasteiger charge is 2.21. The van der Waals surface area contributed by atoms with E-state index in [1.807, 2.05) is 19.1 Å². The van der Waals surface area contributed by atoms with Crippen molar-refractivity contribution in [1.82, 2.24) is 19.6 Å². The Kier molecular flexibility index (Phi) is 9.41. The molecular weight excluding hydrogens is 540 g/mol. The maximum Gasteiger partial charge on any atom is 0.165 e. The molecule has 3 heterocycles. The van der Waals surface area contributed by atoms with Crippen LogP contribution in [0.3, 0.4) is 0 Å². The van der Waals surface area contributed by atoms with Crippen molar-refractivity contribution in [2.75, 3.05) is 31.6 Å². The molecule has 1 aromatic carbocycles. The van der Waals surface area contributed by atoms with Crippen molar-refractivity contribution in [1.29, 1.82) is 0 Å². The summed E-state index contributed by atoms with van der Waals surface area (Å²) in [6, 6.07) is 10.3. The van der Waals surface area contributed by atoms with Crippen molar-refractivity contribution in [3.63, 3.8) is 0 Å². The third kappa shape index (κ3) is 7.94. The molecule has 0 fully saturated rings. The average molecular weight is 583 g/mol. The number of fused-ring (bicyclic) bond motifs is 2. The van der Waals surface area contributed by atoms with Gasteiger partial charge in [-0.15, -0.1) is 0 Å². The summed E-state index contributed by atoms with van der Waals surface area (Å²) in [4.78, 5) is 11.5. The molecule has 4 rings (SSSR count). The standard InChI is InChI=1S/C29H43FN6O2Si2/c1-21(31)27-16-28(35(19-37-10-12-39(2,3)4)20-38-11-13-40(5,6)7)36-29(34-27)25(18-33-36)23-14-22-15-24(30)8-9-26(22)32-17-23/h8-9,14-18,21H,10-13,19-20,31H2,1-7H3. The normalized spacial score (nSPS) is 13.3. The second-order valence-corrected chi connectivity index (χ2v) is 24.2. The van der Waals surface area contributed by atoms with E-state index in [0.29, 0.717) is 37.7 Å². The van der Waals surface area contributed by atoms with E-state index >= 15 is 0 Å². The monoisotopic (exact) mass is 582 g/mol. The highest BCUT2D eigenvalue weighted by Crippen LogP contribution is 2.30. The molecule has 2 N–H and O–H groups in total. The Labute approximate surface area is 238 Å². The van der Waals surface area contributed by atoms with E-state index in [2.05, 4.69) is 49.2 Å². The summed E-state index contributed by atoms with van der Waals surface area (Å²) in [5, 5.41) is 5.44. The minimum Gasteiger partial charge on any atom is -0.361 e. The summed E-state index contributed by atoms with van der Waals surface area (Å²) < 4.78 is 28.1. The lowest BCUT2D eigenvalue weighted by atomic mass is 10.1.